The predicted molar refractivity (Wildman–Crippen MR) is 108 cm³/mol. The molecular weight excluding hydrogens is 435 g/mol. The first-order valence-electron chi connectivity index (χ1n) is 9.00. The van der Waals surface area contributed by atoms with Gasteiger partial charge in [-0.25, -0.2) is 18.2 Å². The number of carbonyl (C=O) groups is 1. The van der Waals surface area contributed by atoms with Crippen LogP contribution in [0.3, 0.4) is 0 Å². The average Bonchev–Trinajstić information content (AvgIpc) is 2.98. The lowest BCUT2D eigenvalue weighted by Gasteiger charge is -2.38. The first-order chi connectivity index (χ1) is 14.6. The lowest BCUT2D eigenvalue weighted by atomic mass is 9.74. The lowest BCUT2D eigenvalue weighted by molar-refractivity contribution is -0.0579. The predicted octanol–water partition coefficient (Wildman–Crippen LogP) is 3.01. The van der Waals surface area contributed by atoms with E-state index in [1.54, 1.807) is 0 Å². The highest BCUT2D eigenvalue weighted by molar-refractivity contribution is 6.34. The van der Waals surface area contributed by atoms with Gasteiger partial charge in [0, 0.05) is 23.9 Å². The van der Waals surface area contributed by atoms with E-state index in [1.807, 2.05) is 6.07 Å². The smallest absolute Gasteiger partial charge is 0.275 e. The molecule has 7 nitrogen and oxygen atoms in total. The van der Waals surface area contributed by atoms with Crippen LogP contribution in [0.25, 0.3) is 0 Å². The molecule has 1 aromatic heterocycles. The van der Waals surface area contributed by atoms with E-state index in [4.69, 9.17) is 22.6 Å². The molecule has 1 aliphatic heterocycles. The normalized spacial score (nSPS) is 23.7. The molecule has 2 heterocycles. The second-order valence-corrected chi connectivity index (χ2v) is 7.61. The Labute approximate surface area is 180 Å². The number of nitrogens with one attached hydrogen (secondary N) is 1. The highest BCUT2D eigenvalue weighted by Crippen LogP contribution is 2.49. The van der Waals surface area contributed by atoms with Crippen LogP contribution in [0.4, 0.5) is 18.9 Å². The van der Waals surface area contributed by atoms with Crippen LogP contribution >= 0.6 is 11.6 Å². The Balaban J connectivity index is 1.99. The maximum atomic E-state index is 15.7. The number of nitrogens with two attached hydrogens (primary N) is 1. The molecule has 0 radical (unpaired) electrons. The van der Waals surface area contributed by atoms with Crippen LogP contribution in [-0.4, -0.2) is 40.3 Å². The molecule has 2 aromatic rings. The number of benzene rings is 1. The number of amides is 1. The minimum Gasteiger partial charge on any atom is -0.387 e. The largest absolute Gasteiger partial charge is 0.387 e. The molecule has 0 saturated heterocycles. The first kappa shape index (κ1) is 22.5. The Kier molecular flexibility index (Phi) is 5.93. The first-order valence-corrected chi connectivity index (χ1v) is 9.37. The van der Waals surface area contributed by atoms with Gasteiger partial charge in [0.05, 0.1) is 16.4 Å². The second-order valence-electron chi connectivity index (χ2n) is 7.20. The third kappa shape index (κ3) is 3.82. The maximum absolute atomic E-state index is 15.7. The molecular formula is C20H17ClF3N5O2. The maximum Gasteiger partial charge on any atom is 0.275 e. The molecule has 1 aromatic carbocycles. The molecule has 0 unspecified atom stereocenters. The third-order valence-corrected chi connectivity index (χ3v) is 5.51. The number of carbonyl (C=O) groups excluding carboxylic acids is 1. The quantitative estimate of drug-likeness (QED) is 0.644. The van der Waals surface area contributed by atoms with Gasteiger partial charge in [-0.3, -0.25) is 9.79 Å². The summed E-state index contributed by atoms with van der Waals surface area (Å²) in [6.45, 7) is -0.232. The monoisotopic (exact) mass is 451 g/mol. The summed E-state index contributed by atoms with van der Waals surface area (Å²) >= 11 is 5.98. The molecule has 0 spiro atoms. The summed E-state index contributed by atoms with van der Waals surface area (Å²) in [5, 5.41) is 21.2. The topological polar surface area (TPSA) is 124 Å². The Morgan fingerprint density at radius 2 is 2.19 bits per heavy atom. The average molecular weight is 452 g/mol. The molecule has 1 amide bonds. The number of nitrogens with zero attached hydrogens (tertiary/aromatic N) is 3. The van der Waals surface area contributed by atoms with Crippen LogP contribution in [0.5, 0.6) is 0 Å². The van der Waals surface area contributed by atoms with Gasteiger partial charge in [-0.15, -0.1) is 0 Å². The summed E-state index contributed by atoms with van der Waals surface area (Å²) in [7, 11) is 0. The number of hydrogen-bond acceptors (Lipinski definition) is 6. The number of alkyl halides is 2. The van der Waals surface area contributed by atoms with Gasteiger partial charge in [-0.1, -0.05) is 11.6 Å². The Morgan fingerprint density at radius 1 is 1.48 bits per heavy atom. The van der Waals surface area contributed by atoms with Crippen molar-refractivity contribution in [2.24, 2.45) is 10.7 Å². The van der Waals surface area contributed by atoms with Gasteiger partial charge in [0.1, 0.15) is 35.9 Å². The Morgan fingerprint density at radius 3 is 2.81 bits per heavy atom. The van der Waals surface area contributed by atoms with Gasteiger partial charge < -0.3 is 16.2 Å². The van der Waals surface area contributed by atoms with Crippen LogP contribution in [0.2, 0.25) is 5.02 Å². The number of halogens is 4. The fourth-order valence-corrected chi connectivity index (χ4v) is 3.79. The summed E-state index contributed by atoms with van der Waals surface area (Å²) in [5.41, 5.74) is 0.572. The number of aliphatic imine (C=N–C) groups is 1. The van der Waals surface area contributed by atoms with Crippen molar-refractivity contribution >= 4 is 29.0 Å². The number of hydrogen-bond donors (Lipinski definition) is 3. The van der Waals surface area contributed by atoms with Crippen molar-refractivity contribution in [2.75, 3.05) is 12.0 Å². The fourth-order valence-electron chi connectivity index (χ4n) is 3.54. The molecule has 0 bridgehead atoms. The number of nitriles is 1. The summed E-state index contributed by atoms with van der Waals surface area (Å²) in [5.74, 6) is -1.86. The van der Waals surface area contributed by atoms with E-state index in [-0.39, 0.29) is 33.4 Å². The van der Waals surface area contributed by atoms with E-state index < -0.39 is 42.1 Å². The Bertz CT molecular complexity index is 1120. The van der Waals surface area contributed by atoms with E-state index in [0.717, 1.165) is 18.3 Å². The van der Waals surface area contributed by atoms with E-state index >= 15 is 4.39 Å². The summed E-state index contributed by atoms with van der Waals surface area (Å²) < 4.78 is 43.5. The number of rotatable bonds is 5. The van der Waals surface area contributed by atoms with Crippen LogP contribution < -0.4 is 11.1 Å². The molecule has 0 saturated carbocycles. The van der Waals surface area contributed by atoms with E-state index in [9.17, 15) is 18.7 Å². The zero-order chi connectivity index (χ0) is 23.0. The molecule has 3 atom stereocenters. The lowest BCUT2D eigenvalue weighted by Crippen LogP contribution is -2.52. The second kappa shape index (κ2) is 8.17. The number of anilines is 1. The van der Waals surface area contributed by atoms with Crippen molar-refractivity contribution in [3.8, 4) is 6.07 Å². The van der Waals surface area contributed by atoms with Gasteiger partial charge in [-0.05, 0) is 31.2 Å². The zero-order valence-corrected chi connectivity index (χ0v) is 16.9. The number of amidine groups is 1. The molecule has 0 aliphatic carbocycles. The van der Waals surface area contributed by atoms with Crippen LogP contribution in [-0.2, 0) is 5.54 Å². The molecule has 31 heavy (non-hydrogen) atoms. The zero-order valence-electron chi connectivity index (χ0n) is 16.2. The van der Waals surface area contributed by atoms with Crippen molar-refractivity contribution in [3.63, 3.8) is 0 Å². The molecule has 162 valence electrons. The fraction of sp³-hybridized carbons (Fsp3) is 0.300. The molecule has 0 fully saturated rings. The number of pyridine rings is 1. The van der Waals surface area contributed by atoms with Crippen molar-refractivity contribution in [1.82, 2.24) is 4.98 Å². The number of aromatic nitrogens is 1. The van der Waals surface area contributed by atoms with Gasteiger partial charge in [-0.2, -0.15) is 5.26 Å². The van der Waals surface area contributed by atoms with Gasteiger partial charge in [0.15, 0.2) is 5.67 Å². The summed E-state index contributed by atoms with van der Waals surface area (Å²) in [4.78, 5) is 20.3. The third-order valence-electron chi connectivity index (χ3n) is 5.22. The summed E-state index contributed by atoms with van der Waals surface area (Å²) in [6, 6.07) is 6.39. The van der Waals surface area contributed by atoms with Crippen LogP contribution in [0.1, 0.15) is 35.0 Å². The molecule has 1 aliphatic rings. The van der Waals surface area contributed by atoms with Crippen molar-refractivity contribution < 1.29 is 23.1 Å². The highest BCUT2D eigenvalue weighted by atomic mass is 35.5. The molecule has 11 heteroatoms. The van der Waals surface area contributed by atoms with Gasteiger partial charge >= 0.3 is 0 Å². The van der Waals surface area contributed by atoms with E-state index in [1.165, 1.54) is 19.1 Å². The van der Waals surface area contributed by atoms with E-state index in [2.05, 4.69) is 15.3 Å². The SMILES string of the molecule is C[C@]1(c2cc(NC(=O)c3ncc(C#N)cc3Cl)ccc2F)N=C(N)C[C@@]1(F)[C@H](O)CF. The van der Waals surface area contributed by atoms with Crippen LogP contribution in [0.15, 0.2) is 35.5 Å². The molecule has 4 N–H and O–H groups in total. The van der Waals surface area contributed by atoms with Crippen LogP contribution in [0, 0.1) is 17.1 Å². The summed E-state index contributed by atoms with van der Waals surface area (Å²) in [6.07, 6.45) is -1.53. The van der Waals surface area contributed by atoms with E-state index in [0.29, 0.717) is 0 Å². The standard InChI is InChI=1S/C20H17ClF3N5O2/c1-19(20(24,15(30)7-22)6-16(26)29-19)12-5-11(2-3-14(12)23)28-18(31)17-13(21)4-10(8-25)9-27-17/h2-5,9,15,30H,6-7H2,1H3,(H2,26,29)(H,28,31)/t15-,19-,20-/m1/s1. The molecule has 3 rings (SSSR count). The van der Waals surface area contributed by atoms with Gasteiger partial charge in [0.2, 0.25) is 0 Å². The van der Waals surface area contributed by atoms with Gasteiger partial charge in [0.25, 0.3) is 5.91 Å². The minimum absolute atomic E-state index is 0.0441. The number of aliphatic hydroxyl groups excluding tert-OH is 1. The minimum atomic E-state index is -2.70. The highest BCUT2D eigenvalue weighted by Gasteiger charge is 2.60. The van der Waals surface area contributed by atoms with Crippen molar-refractivity contribution in [2.45, 2.75) is 30.7 Å². The Hall–Kier alpha value is -3.16. The number of aliphatic hydroxyl groups is 1. The van der Waals surface area contributed by atoms with Crippen molar-refractivity contribution in [3.05, 3.63) is 58.1 Å². The van der Waals surface area contributed by atoms with Crippen molar-refractivity contribution in [1.29, 1.82) is 5.26 Å².